The molecule has 0 aromatic heterocycles. The zero-order chi connectivity index (χ0) is 21.7. The fourth-order valence-corrected chi connectivity index (χ4v) is 3.54. The zero-order valence-electron chi connectivity index (χ0n) is 19.6. The number of carbonyl (C=O) groups excluding carboxylic acids is 1. The van der Waals surface area contributed by atoms with Crippen molar-refractivity contribution < 1.29 is 9.53 Å². The molecule has 0 atom stereocenters. The third kappa shape index (κ3) is 14.3. The number of nitrogens with one attached hydrogen (secondary N) is 1. The van der Waals surface area contributed by atoms with Crippen molar-refractivity contribution in [2.45, 2.75) is 104 Å². The predicted octanol–water partition coefficient (Wildman–Crippen LogP) is 8.31. The van der Waals surface area contributed by atoms with E-state index >= 15 is 0 Å². The molecule has 0 aliphatic rings. The van der Waals surface area contributed by atoms with Gasteiger partial charge in [-0.3, -0.25) is 0 Å². The summed E-state index contributed by atoms with van der Waals surface area (Å²) in [6, 6.07) is 7.54. The number of hydrogen-bond acceptors (Lipinski definition) is 3. The van der Waals surface area contributed by atoms with Gasteiger partial charge in [0.2, 0.25) is 0 Å². The number of esters is 1. The van der Waals surface area contributed by atoms with E-state index in [0.717, 1.165) is 12.2 Å². The normalized spacial score (nSPS) is 11.1. The van der Waals surface area contributed by atoms with Gasteiger partial charge in [0.15, 0.2) is 0 Å². The molecule has 3 nitrogen and oxygen atoms in total. The Morgan fingerprint density at radius 3 is 1.87 bits per heavy atom. The van der Waals surface area contributed by atoms with Crippen molar-refractivity contribution in [3.05, 3.63) is 42.0 Å². The largest absolute Gasteiger partial charge is 0.462 e. The summed E-state index contributed by atoms with van der Waals surface area (Å²) in [5.41, 5.74) is 1.68. The zero-order valence-corrected chi connectivity index (χ0v) is 19.6. The Morgan fingerprint density at radius 1 is 0.767 bits per heavy atom. The van der Waals surface area contributed by atoms with Gasteiger partial charge in [-0.25, -0.2) is 4.79 Å². The summed E-state index contributed by atoms with van der Waals surface area (Å²) in [6.07, 6.45) is 23.5. The van der Waals surface area contributed by atoms with Crippen LogP contribution in [0.1, 0.15) is 114 Å². The molecular weight excluding hydrogens is 370 g/mol. The fraction of sp³-hybridized carbons (Fsp3) is 0.667. The third-order valence-electron chi connectivity index (χ3n) is 5.41. The molecule has 0 aliphatic carbocycles. The number of allylic oxidation sites excluding steroid dienone is 2. The summed E-state index contributed by atoms with van der Waals surface area (Å²) in [6.45, 7) is 5.50. The third-order valence-corrected chi connectivity index (χ3v) is 5.41. The highest BCUT2D eigenvalue weighted by atomic mass is 16.5. The second-order valence-corrected chi connectivity index (χ2v) is 8.16. The highest BCUT2D eigenvalue weighted by Gasteiger charge is 2.05. The van der Waals surface area contributed by atoms with Crippen molar-refractivity contribution in [1.29, 1.82) is 0 Å². The van der Waals surface area contributed by atoms with Crippen molar-refractivity contribution in [2.75, 3.05) is 18.5 Å². The quantitative estimate of drug-likeness (QED) is 0.140. The summed E-state index contributed by atoms with van der Waals surface area (Å²) < 4.78 is 5.00. The number of benzene rings is 1. The second-order valence-electron chi connectivity index (χ2n) is 8.16. The molecule has 170 valence electrons. The molecule has 1 rings (SSSR count). The molecule has 0 spiro atoms. The molecule has 0 aliphatic heterocycles. The van der Waals surface area contributed by atoms with Crippen LogP contribution in [0, 0.1) is 0 Å². The van der Waals surface area contributed by atoms with E-state index in [9.17, 15) is 4.79 Å². The van der Waals surface area contributed by atoms with Crippen molar-refractivity contribution in [3.8, 4) is 0 Å². The van der Waals surface area contributed by atoms with Crippen LogP contribution in [0.25, 0.3) is 0 Å². The van der Waals surface area contributed by atoms with Crippen molar-refractivity contribution >= 4 is 11.7 Å². The second kappa shape index (κ2) is 19.2. The first kappa shape index (κ1) is 26.3. The Kier molecular flexibility index (Phi) is 16.8. The lowest BCUT2D eigenvalue weighted by molar-refractivity contribution is 0.0526. The lowest BCUT2D eigenvalue weighted by Gasteiger charge is -2.07. The van der Waals surface area contributed by atoms with Crippen LogP contribution < -0.4 is 5.32 Å². The Balaban J connectivity index is 1.88. The van der Waals surface area contributed by atoms with Crippen LogP contribution >= 0.6 is 0 Å². The van der Waals surface area contributed by atoms with Crippen LogP contribution in [0.15, 0.2) is 36.4 Å². The molecule has 0 unspecified atom stereocenters. The van der Waals surface area contributed by atoms with Crippen LogP contribution in [0.4, 0.5) is 5.69 Å². The van der Waals surface area contributed by atoms with E-state index < -0.39 is 0 Å². The van der Waals surface area contributed by atoms with Gasteiger partial charge >= 0.3 is 5.97 Å². The van der Waals surface area contributed by atoms with Gasteiger partial charge in [-0.2, -0.15) is 0 Å². The summed E-state index contributed by atoms with van der Waals surface area (Å²) >= 11 is 0. The highest BCUT2D eigenvalue weighted by molar-refractivity contribution is 5.89. The Bertz CT molecular complexity index is 550. The van der Waals surface area contributed by atoms with E-state index in [-0.39, 0.29) is 5.97 Å². The molecule has 3 heteroatoms. The molecule has 1 aromatic carbocycles. The van der Waals surface area contributed by atoms with Gasteiger partial charge in [0.1, 0.15) is 0 Å². The average molecular weight is 416 g/mol. The first-order valence-electron chi connectivity index (χ1n) is 12.4. The summed E-state index contributed by atoms with van der Waals surface area (Å²) in [5.74, 6) is -0.252. The summed E-state index contributed by atoms with van der Waals surface area (Å²) in [4.78, 5) is 11.6. The maximum Gasteiger partial charge on any atom is 0.338 e. The minimum atomic E-state index is -0.252. The molecule has 30 heavy (non-hydrogen) atoms. The van der Waals surface area contributed by atoms with E-state index in [1.54, 1.807) is 0 Å². The minimum Gasteiger partial charge on any atom is -0.462 e. The van der Waals surface area contributed by atoms with Crippen LogP contribution in [0.2, 0.25) is 0 Å². The lowest BCUT2D eigenvalue weighted by atomic mass is 10.1. The van der Waals surface area contributed by atoms with E-state index in [2.05, 4.69) is 24.4 Å². The fourth-order valence-electron chi connectivity index (χ4n) is 3.54. The van der Waals surface area contributed by atoms with Gasteiger partial charge in [0, 0.05) is 12.2 Å². The number of ether oxygens (including phenoxy) is 1. The SMILES string of the molecule is CCCCCCCC/C=C\CCCCCCCCNc1ccc(C(=O)OCC)cc1. The highest BCUT2D eigenvalue weighted by Crippen LogP contribution is 2.12. The van der Waals surface area contributed by atoms with Crippen molar-refractivity contribution in [1.82, 2.24) is 0 Å². The Morgan fingerprint density at radius 2 is 1.30 bits per heavy atom. The van der Waals surface area contributed by atoms with Gasteiger partial charge in [0.25, 0.3) is 0 Å². The molecule has 0 radical (unpaired) electrons. The maximum absolute atomic E-state index is 11.6. The number of hydrogen-bond donors (Lipinski definition) is 1. The van der Waals surface area contributed by atoms with E-state index in [1.807, 2.05) is 31.2 Å². The lowest BCUT2D eigenvalue weighted by Crippen LogP contribution is -2.05. The maximum atomic E-state index is 11.6. The van der Waals surface area contributed by atoms with Crippen LogP contribution in [0.5, 0.6) is 0 Å². The molecule has 0 saturated carbocycles. The topological polar surface area (TPSA) is 38.3 Å². The smallest absolute Gasteiger partial charge is 0.338 e. The first-order valence-corrected chi connectivity index (χ1v) is 12.4. The van der Waals surface area contributed by atoms with Gasteiger partial charge in [0.05, 0.1) is 12.2 Å². The van der Waals surface area contributed by atoms with E-state index in [1.165, 1.54) is 89.9 Å². The summed E-state index contributed by atoms with van der Waals surface area (Å²) in [7, 11) is 0. The number of carbonyl (C=O) groups is 1. The van der Waals surface area contributed by atoms with Gasteiger partial charge in [-0.15, -0.1) is 0 Å². The molecule has 1 N–H and O–H groups in total. The number of unbranched alkanes of at least 4 members (excludes halogenated alkanes) is 12. The molecule has 0 bridgehead atoms. The molecule has 0 heterocycles. The Hall–Kier alpha value is -1.77. The first-order chi connectivity index (χ1) is 14.8. The standard InChI is InChI=1S/C27H45NO2/c1-3-5-6-7-8-9-10-11-12-13-14-15-16-17-18-19-24-28-26-22-20-25(21-23-26)27(29)30-4-2/h11-12,20-23,28H,3-10,13-19,24H2,1-2H3/b12-11-. The molecule has 0 amide bonds. The molecule has 0 fully saturated rings. The van der Waals surface area contributed by atoms with Crippen molar-refractivity contribution in [3.63, 3.8) is 0 Å². The molecule has 1 aromatic rings. The van der Waals surface area contributed by atoms with E-state index in [4.69, 9.17) is 4.74 Å². The van der Waals surface area contributed by atoms with Gasteiger partial charge in [-0.05, 0) is 63.3 Å². The van der Waals surface area contributed by atoms with Gasteiger partial charge in [-0.1, -0.05) is 76.9 Å². The molecule has 0 saturated heterocycles. The predicted molar refractivity (Wildman–Crippen MR) is 130 cm³/mol. The summed E-state index contributed by atoms with van der Waals surface area (Å²) in [5, 5.41) is 3.43. The van der Waals surface area contributed by atoms with Crippen LogP contribution in [-0.4, -0.2) is 19.1 Å². The average Bonchev–Trinajstić information content (AvgIpc) is 2.76. The molecular formula is C27H45NO2. The van der Waals surface area contributed by atoms with Crippen LogP contribution in [0.3, 0.4) is 0 Å². The number of rotatable bonds is 19. The minimum absolute atomic E-state index is 0.252. The number of anilines is 1. The Labute approximate surface area is 185 Å². The van der Waals surface area contributed by atoms with Crippen LogP contribution in [-0.2, 0) is 4.74 Å². The van der Waals surface area contributed by atoms with Crippen molar-refractivity contribution in [2.24, 2.45) is 0 Å². The van der Waals surface area contributed by atoms with Gasteiger partial charge < -0.3 is 10.1 Å². The monoisotopic (exact) mass is 415 g/mol. The van der Waals surface area contributed by atoms with E-state index in [0.29, 0.717) is 12.2 Å².